The number of nitrogens with two attached hydrogens (primary N) is 2. The van der Waals surface area contributed by atoms with Crippen LogP contribution in [-0.2, 0) is 4.74 Å². The third-order valence-corrected chi connectivity index (χ3v) is 2.25. The van der Waals surface area contributed by atoms with Crippen molar-refractivity contribution in [2.75, 3.05) is 25.6 Å². The lowest BCUT2D eigenvalue weighted by Crippen LogP contribution is -2.16. The second-order valence-electron chi connectivity index (χ2n) is 3.80. The van der Waals surface area contributed by atoms with E-state index in [9.17, 15) is 4.79 Å². The average molecular weight is 253 g/mol. The number of nitrogen functional groups attached to an aromatic ring is 1. The third kappa shape index (κ3) is 4.58. The zero-order valence-electron chi connectivity index (χ0n) is 10.5. The fourth-order valence-corrected chi connectivity index (χ4v) is 1.31. The van der Waals surface area contributed by atoms with Crippen molar-refractivity contribution >= 4 is 11.6 Å². The van der Waals surface area contributed by atoms with Crippen LogP contribution < -0.4 is 16.2 Å². The first kappa shape index (κ1) is 14.2. The Balaban J connectivity index is 2.44. The summed E-state index contributed by atoms with van der Waals surface area (Å²) in [5, 5.41) is 0. The van der Waals surface area contributed by atoms with Gasteiger partial charge in [0.2, 0.25) is 5.88 Å². The van der Waals surface area contributed by atoms with Gasteiger partial charge in [0.1, 0.15) is 12.2 Å². The van der Waals surface area contributed by atoms with Crippen LogP contribution in [0.3, 0.4) is 0 Å². The molecular formula is C12H19N3O3. The SMILES string of the molecule is CCCCOCCOc1ncc(N)cc1C(N)=O. The number of nitrogens with zero attached hydrogens (tertiary/aromatic N) is 1. The van der Waals surface area contributed by atoms with E-state index in [0.717, 1.165) is 12.8 Å². The summed E-state index contributed by atoms with van der Waals surface area (Å²) in [6.45, 7) is 3.57. The highest BCUT2D eigenvalue weighted by atomic mass is 16.5. The molecule has 0 radical (unpaired) electrons. The van der Waals surface area contributed by atoms with Gasteiger partial charge in [-0.1, -0.05) is 13.3 Å². The Labute approximate surface area is 106 Å². The molecule has 0 saturated carbocycles. The van der Waals surface area contributed by atoms with Gasteiger partial charge in [0.15, 0.2) is 0 Å². The van der Waals surface area contributed by atoms with Crippen LogP contribution in [0, 0.1) is 0 Å². The molecule has 0 fully saturated rings. The van der Waals surface area contributed by atoms with Crippen LogP contribution in [0.5, 0.6) is 5.88 Å². The summed E-state index contributed by atoms with van der Waals surface area (Å²) in [6.07, 6.45) is 3.53. The Hall–Kier alpha value is -1.82. The largest absolute Gasteiger partial charge is 0.475 e. The van der Waals surface area contributed by atoms with E-state index in [0.29, 0.717) is 25.5 Å². The normalized spacial score (nSPS) is 10.3. The van der Waals surface area contributed by atoms with Gasteiger partial charge in [0.05, 0.1) is 18.5 Å². The molecule has 6 heteroatoms. The Morgan fingerprint density at radius 1 is 1.39 bits per heavy atom. The number of primary amides is 1. The first-order valence-electron chi connectivity index (χ1n) is 5.91. The van der Waals surface area contributed by atoms with E-state index in [1.807, 2.05) is 0 Å². The van der Waals surface area contributed by atoms with E-state index in [4.69, 9.17) is 20.9 Å². The Morgan fingerprint density at radius 3 is 2.83 bits per heavy atom. The molecule has 100 valence electrons. The maximum Gasteiger partial charge on any atom is 0.254 e. The molecule has 6 nitrogen and oxygen atoms in total. The molecular weight excluding hydrogens is 234 g/mol. The number of pyridine rings is 1. The molecule has 0 atom stereocenters. The smallest absolute Gasteiger partial charge is 0.254 e. The quantitative estimate of drug-likeness (QED) is 0.672. The molecule has 0 spiro atoms. The minimum atomic E-state index is -0.614. The number of anilines is 1. The van der Waals surface area contributed by atoms with Gasteiger partial charge in [0, 0.05) is 6.61 Å². The molecule has 0 saturated heterocycles. The number of carbonyl (C=O) groups is 1. The molecule has 1 rings (SSSR count). The van der Waals surface area contributed by atoms with Gasteiger partial charge in [-0.2, -0.15) is 0 Å². The lowest BCUT2D eigenvalue weighted by Gasteiger charge is -2.09. The zero-order valence-corrected chi connectivity index (χ0v) is 10.5. The van der Waals surface area contributed by atoms with Crippen LogP contribution in [0.25, 0.3) is 0 Å². The van der Waals surface area contributed by atoms with Crippen molar-refractivity contribution in [3.05, 3.63) is 17.8 Å². The number of hydrogen-bond donors (Lipinski definition) is 2. The molecule has 1 amide bonds. The number of carbonyl (C=O) groups excluding carboxylic acids is 1. The van der Waals surface area contributed by atoms with E-state index in [-0.39, 0.29) is 11.4 Å². The summed E-state index contributed by atoms with van der Waals surface area (Å²) >= 11 is 0. The number of rotatable bonds is 8. The van der Waals surface area contributed by atoms with Crippen molar-refractivity contribution in [2.45, 2.75) is 19.8 Å². The maximum absolute atomic E-state index is 11.2. The van der Waals surface area contributed by atoms with Gasteiger partial charge in [-0.3, -0.25) is 4.79 Å². The number of aromatic nitrogens is 1. The average Bonchev–Trinajstić information content (AvgIpc) is 2.35. The maximum atomic E-state index is 11.2. The summed E-state index contributed by atoms with van der Waals surface area (Å²) in [4.78, 5) is 15.1. The molecule has 4 N–H and O–H groups in total. The molecule has 0 aromatic carbocycles. The monoisotopic (exact) mass is 253 g/mol. The molecule has 0 aliphatic rings. The highest BCUT2D eigenvalue weighted by Crippen LogP contribution is 2.17. The minimum absolute atomic E-state index is 0.184. The molecule has 1 heterocycles. The van der Waals surface area contributed by atoms with Crippen LogP contribution in [0.15, 0.2) is 12.3 Å². The first-order valence-corrected chi connectivity index (χ1v) is 5.91. The molecule has 0 bridgehead atoms. The third-order valence-electron chi connectivity index (χ3n) is 2.25. The van der Waals surface area contributed by atoms with Gasteiger partial charge in [-0.05, 0) is 12.5 Å². The van der Waals surface area contributed by atoms with Gasteiger partial charge >= 0.3 is 0 Å². The number of ether oxygens (including phenoxy) is 2. The van der Waals surface area contributed by atoms with Crippen molar-refractivity contribution in [2.24, 2.45) is 5.73 Å². The van der Waals surface area contributed by atoms with Gasteiger partial charge in [0.25, 0.3) is 5.91 Å². The van der Waals surface area contributed by atoms with Crippen LogP contribution in [0.4, 0.5) is 5.69 Å². The molecule has 0 aliphatic heterocycles. The van der Waals surface area contributed by atoms with Crippen molar-refractivity contribution < 1.29 is 14.3 Å². The molecule has 18 heavy (non-hydrogen) atoms. The Morgan fingerprint density at radius 2 is 2.17 bits per heavy atom. The van der Waals surface area contributed by atoms with Crippen LogP contribution in [-0.4, -0.2) is 30.7 Å². The predicted molar refractivity (Wildman–Crippen MR) is 68.4 cm³/mol. The predicted octanol–water partition coefficient (Wildman–Crippen LogP) is 0.958. The Kier molecular flexibility index (Phi) is 5.93. The topological polar surface area (TPSA) is 100 Å². The van der Waals surface area contributed by atoms with Crippen LogP contribution >= 0.6 is 0 Å². The van der Waals surface area contributed by atoms with E-state index in [1.165, 1.54) is 12.3 Å². The first-order chi connectivity index (χ1) is 8.65. The fraction of sp³-hybridized carbons (Fsp3) is 0.500. The number of amides is 1. The van der Waals surface area contributed by atoms with Gasteiger partial charge < -0.3 is 20.9 Å². The van der Waals surface area contributed by atoms with Crippen LogP contribution in [0.1, 0.15) is 30.1 Å². The number of hydrogen-bond acceptors (Lipinski definition) is 5. The van der Waals surface area contributed by atoms with Gasteiger partial charge in [-0.25, -0.2) is 4.98 Å². The summed E-state index contributed by atoms with van der Waals surface area (Å²) < 4.78 is 10.7. The van der Waals surface area contributed by atoms with Crippen molar-refractivity contribution in [1.29, 1.82) is 0 Å². The van der Waals surface area contributed by atoms with Crippen molar-refractivity contribution in [3.8, 4) is 5.88 Å². The van der Waals surface area contributed by atoms with Gasteiger partial charge in [-0.15, -0.1) is 0 Å². The standard InChI is InChI=1S/C12H19N3O3/c1-2-3-4-17-5-6-18-12-10(11(14)16)7-9(13)8-15-12/h7-8H,2-6,13H2,1H3,(H2,14,16). The molecule has 0 aliphatic carbocycles. The summed E-state index contributed by atoms with van der Waals surface area (Å²) in [7, 11) is 0. The fourth-order valence-electron chi connectivity index (χ4n) is 1.31. The highest BCUT2D eigenvalue weighted by Gasteiger charge is 2.11. The van der Waals surface area contributed by atoms with E-state index in [1.54, 1.807) is 0 Å². The number of unbranched alkanes of at least 4 members (excludes halogenated alkanes) is 1. The zero-order chi connectivity index (χ0) is 13.4. The summed E-state index contributed by atoms with van der Waals surface area (Å²) in [5.74, 6) is -0.424. The van der Waals surface area contributed by atoms with E-state index in [2.05, 4.69) is 11.9 Å². The van der Waals surface area contributed by atoms with Crippen molar-refractivity contribution in [3.63, 3.8) is 0 Å². The molecule has 1 aromatic heterocycles. The summed E-state index contributed by atoms with van der Waals surface area (Å²) in [5.41, 5.74) is 11.3. The lowest BCUT2D eigenvalue weighted by atomic mass is 10.2. The second-order valence-corrected chi connectivity index (χ2v) is 3.80. The van der Waals surface area contributed by atoms with Crippen molar-refractivity contribution in [1.82, 2.24) is 4.98 Å². The van der Waals surface area contributed by atoms with E-state index >= 15 is 0 Å². The second kappa shape index (κ2) is 7.50. The molecule has 0 unspecified atom stereocenters. The minimum Gasteiger partial charge on any atom is -0.475 e. The van der Waals surface area contributed by atoms with E-state index < -0.39 is 5.91 Å². The highest BCUT2D eigenvalue weighted by molar-refractivity contribution is 5.95. The summed E-state index contributed by atoms with van der Waals surface area (Å²) in [6, 6.07) is 1.45. The molecule has 1 aromatic rings. The lowest BCUT2D eigenvalue weighted by molar-refractivity contribution is 0.0930. The Bertz CT molecular complexity index is 396. The van der Waals surface area contributed by atoms with Crippen LogP contribution in [0.2, 0.25) is 0 Å².